The molecule has 0 bridgehead atoms. The molecule has 0 aliphatic heterocycles. The number of nitrogens with zero attached hydrogens (tertiary/aromatic N) is 1. The number of halogens is 3. The van der Waals surface area contributed by atoms with Crippen LogP contribution in [0.3, 0.4) is 0 Å². The highest BCUT2D eigenvalue weighted by atomic mass is 19.4. The zero-order chi connectivity index (χ0) is 12.6. The van der Waals surface area contributed by atoms with Gasteiger partial charge in [-0.2, -0.15) is 13.2 Å². The van der Waals surface area contributed by atoms with E-state index in [1.54, 1.807) is 10.6 Å². The Bertz CT molecular complexity index is 542. The first-order chi connectivity index (χ1) is 7.99. The number of fused-ring (bicyclic) bond motifs is 1. The van der Waals surface area contributed by atoms with Crippen LogP contribution in [0.5, 0.6) is 0 Å². The SMILES string of the molecule is CCn1c(CO)cc2c(C(F)(F)F)cccc21. The molecule has 0 aliphatic carbocycles. The second-order valence-electron chi connectivity index (χ2n) is 3.77. The van der Waals surface area contributed by atoms with Crippen LogP contribution in [0.1, 0.15) is 18.2 Å². The Morgan fingerprint density at radius 3 is 2.53 bits per heavy atom. The number of benzene rings is 1. The molecule has 0 atom stereocenters. The number of hydrogen-bond donors (Lipinski definition) is 1. The molecule has 0 unspecified atom stereocenters. The standard InChI is InChI=1S/C12H12F3NO/c1-2-16-8(7-17)6-9-10(12(13,14)15)4-3-5-11(9)16/h3-6,17H,2,7H2,1H3. The largest absolute Gasteiger partial charge is 0.417 e. The van der Waals surface area contributed by atoms with Crippen LogP contribution >= 0.6 is 0 Å². The minimum Gasteiger partial charge on any atom is -0.390 e. The van der Waals surface area contributed by atoms with Crippen molar-refractivity contribution < 1.29 is 18.3 Å². The minimum absolute atomic E-state index is 0.144. The first kappa shape index (κ1) is 12.0. The third-order valence-electron chi connectivity index (χ3n) is 2.82. The molecule has 2 rings (SSSR count). The molecule has 0 fully saturated rings. The van der Waals surface area contributed by atoms with Crippen LogP contribution < -0.4 is 0 Å². The van der Waals surface area contributed by atoms with Gasteiger partial charge in [0.2, 0.25) is 0 Å². The van der Waals surface area contributed by atoms with Crippen molar-refractivity contribution in [2.75, 3.05) is 0 Å². The van der Waals surface area contributed by atoms with E-state index in [1.165, 1.54) is 12.1 Å². The lowest BCUT2D eigenvalue weighted by Crippen LogP contribution is -2.05. The van der Waals surface area contributed by atoms with Crippen LogP contribution in [0.25, 0.3) is 10.9 Å². The highest BCUT2D eigenvalue weighted by molar-refractivity contribution is 5.85. The molecule has 0 saturated heterocycles. The number of aliphatic hydroxyl groups is 1. The molecule has 5 heteroatoms. The Labute approximate surface area is 96.3 Å². The zero-order valence-electron chi connectivity index (χ0n) is 9.25. The van der Waals surface area contributed by atoms with Gasteiger partial charge in [-0.25, -0.2) is 0 Å². The summed E-state index contributed by atoms with van der Waals surface area (Å²) in [5, 5.41) is 9.29. The average molecular weight is 243 g/mol. The first-order valence-corrected chi connectivity index (χ1v) is 5.28. The molecule has 1 aromatic heterocycles. The molecule has 1 N–H and O–H groups in total. The van der Waals surface area contributed by atoms with Crippen molar-refractivity contribution in [1.29, 1.82) is 0 Å². The van der Waals surface area contributed by atoms with Crippen LogP contribution in [0, 0.1) is 0 Å². The fraction of sp³-hybridized carbons (Fsp3) is 0.333. The molecule has 92 valence electrons. The molecule has 0 aliphatic rings. The van der Waals surface area contributed by atoms with Crippen molar-refractivity contribution in [1.82, 2.24) is 4.57 Å². The molecular formula is C12H12F3NO. The number of rotatable bonds is 2. The average Bonchev–Trinajstić information content (AvgIpc) is 2.64. The highest BCUT2D eigenvalue weighted by Gasteiger charge is 2.33. The second kappa shape index (κ2) is 4.07. The van der Waals surface area contributed by atoms with Crippen molar-refractivity contribution in [2.24, 2.45) is 0 Å². The van der Waals surface area contributed by atoms with Gasteiger partial charge >= 0.3 is 6.18 Å². The molecule has 2 nitrogen and oxygen atoms in total. The molecule has 0 amide bonds. The Hall–Kier alpha value is -1.49. The molecule has 2 aromatic rings. The summed E-state index contributed by atoms with van der Waals surface area (Å²) in [4.78, 5) is 0. The Morgan fingerprint density at radius 2 is 2.00 bits per heavy atom. The minimum atomic E-state index is -4.37. The quantitative estimate of drug-likeness (QED) is 0.861. The van der Waals surface area contributed by atoms with E-state index in [1.807, 2.05) is 6.92 Å². The fourth-order valence-corrected chi connectivity index (χ4v) is 2.09. The van der Waals surface area contributed by atoms with Gasteiger partial charge in [0.05, 0.1) is 12.2 Å². The van der Waals surface area contributed by atoms with E-state index < -0.39 is 11.7 Å². The van der Waals surface area contributed by atoms with E-state index in [2.05, 4.69) is 0 Å². The van der Waals surface area contributed by atoms with E-state index in [-0.39, 0.29) is 12.0 Å². The topological polar surface area (TPSA) is 25.2 Å². The third kappa shape index (κ3) is 1.91. The lowest BCUT2D eigenvalue weighted by atomic mass is 10.1. The summed E-state index contributed by atoms with van der Waals surface area (Å²) in [6.07, 6.45) is -4.37. The number of aryl methyl sites for hydroxylation is 1. The maximum Gasteiger partial charge on any atom is 0.417 e. The predicted octanol–water partition coefficient (Wildman–Crippen LogP) is 3.17. The maximum absolute atomic E-state index is 12.8. The smallest absolute Gasteiger partial charge is 0.390 e. The number of hydrogen-bond acceptors (Lipinski definition) is 1. The first-order valence-electron chi connectivity index (χ1n) is 5.28. The summed E-state index contributed by atoms with van der Waals surface area (Å²) in [5.41, 5.74) is 0.350. The van der Waals surface area contributed by atoms with E-state index >= 15 is 0 Å². The molecule has 0 saturated carbocycles. The van der Waals surface area contributed by atoms with Crippen molar-refractivity contribution in [3.63, 3.8) is 0 Å². The van der Waals surface area contributed by atoms with Gasteiger partial charge in [0.25, 0.3) is 0 Å². The van der Waals surface area contributed by atoms with Crippen LogP contribution in [-0.4, -0.2) is 9.67 Å². The molecule has 1 aromatic carbocycles. The number of aliphatic hydroxyl groups excluding tert-OH is 1. The van der Waals surface area contributed by atoms with Gasteiger partial charge in [0.1, 0.15) is 0 Å². The summed E-state index contributed by atoms with van der Waals surface area (Å²) >= 11 is 0. The van der Waals surface area contributed by atoms with E-state index in [9.17, 15) is 13.2 Å². The van der Waals surface area contributed by atoms with Gasteiger partial charge in [-0.15, -0.1) is 0 Å². The predicted molar refractivity (Wildman–Crippen MR) is 58.5 cm³/mol. The summed E-state index contributed by atoms with van der Waals surface area (Å²) in [6, 6.07) is 5.48. The maximum atomic E-state index is 12.8. The van der Waals surface area contributed by atoms with E-state index in [0.717, 1.165) is 6.07 Å². The number of alkyl halides is 3. The van der Waals surface area contributed by atoms with Crippen molar-refractivity contribution in [3.05, 3.63) is 35.5 Å². The Kier molecular flexibility index (Phi) is 2.87. The number of aromatic nitrogens is 1. The van der Waals surface area contributed by atoms with Gasteiger partial charge in [0, 0.05) is 23.1 Å². The lowest BCUT2D eigenvalue weighted by Gasteiger charge is -2.09. The van der Waals surface area contributed by atoms with Gasteiger partial charge in [-0.05, 0) is 25.1 Å². The summed E-state index contributed by atoms with van der Waals surface area (Å²) in [6.45, 7) is 2.10. The molecule has 17 heavy (non-hydrogen) atoms. The molecule has 0 radical (unpaired) electrons. The Balaban J connectivity index is 2.78. The molecule has 0 spiro atoms. The van der Waals surface area contributed by atoms with E-state index in [4.69, 9.17) is 5.11 Å². The zero-order valence-corrected chi connectivity index (χ0v) is 9.25. The third-order valence-corrected chi connectivity index (χ3v) is 2.82. The molecular weight excluding hydrogens is 231 g/mol. The van der Waals surface area contributed by atoms with Crippen LogP contribution in [-0.2, 0) is 19.3 Å². The lowest BCUT2D eigenvalue weighted by molar-refractivity contribution is -0.136. The summed E-state index contributed by atoms with van der Waals surface area (Å²) < 4.78 is 40.1. The van der Waals surface area contributed by atoms with Crippen molar-refractivity contribution in [2.45, 2.75) is 26.3 Å². The second-order valence-corrected chi connectivity index (χ2v) is 3.77. The van der Waals surface area contributed by atoms with Crippen LogP contribution in [0.2, 0.25) is 0 Å². The van der Waals surface area contributed by atoms with Gasteiger partial charge in [-0.3, -0.25) is 0 Å². The fourth-order valence-electron chi connectivity index (χ4n) is 2.09. The molecule has 1 heterocycles. The van der Waals surface area contributed by atoms with Gasteiger partial charge < -0.3 is 9.67 Å². The van der Waals surface area contributed by atoms with Crippen LogP contribution in [0.4, 0.5) is 13.2 Å². The summed E-state index contributed by atoms with van der Waals surface area (Å²) in [5.74, 6) is 0. The van der Waals surface area contributed by atoms with Crippen molar-refractivity contribution >= 4 is 10.9 Å². The Morgan fingerprint density at radius 1 is 1.29 bits per heavy atom. The monoisotopic (exact) mass is 243 g/mol. The summed E-state index contributed by atoms with van der Waals surface area (Å²) in [7, 11) is 0. The van der Waals surface area contributed by atoms with Gasteiger partial charge in [0.15, 0.2) is 0 Å². The van der Waals surface area contributed by atoms with Gasteiger partial charge in [-0.1, -0.05) is 6.07 Å². The normalized spacial score (nSPS) is 12.3. The van der Waals surface area contributed by atoms with Crippen molar-refractivity contribution in [3.8, 4) is 0 Å². The highest BCUT2D eigenvalue weighted by Crippen LogP contribution is 2.36. The van der Waals surface area contributed by atoms with E-state index in [0.29, 0.717) is 17.8 Å². The van der Waals surface area contributed by atoms with Crippen LogP contribution in [0.15, 0.2) is 24.3 Å².